The number of likely N-dealkylation sites (tertiary alicyclic amines) is 1. The number of benzene rings is 1. The quantitative estimate of drug-likeness (QED) is 0.748. The standard InChI is InChI=1S/C13H17F2N/c1-10-6-12(14)9-16(7-10)8-11-4-2-3-5-13(11)15/h2-5,10,12H,6-9H2,1H3. The molecule has 0 radical (unpaired) electrons. The minimum Gasteiger partial charge on any atom is -0.296 e. The van der Waals surface area contributed by atoms with Crippen LogP contribution in [0.15, 0.2) is 24.3 Å². The molecule has 1 nitrogen and oxygen atoms in total. The Hall–Kier alpha value is -0.960. The summed E-state index contributed by atoms with van der Waals surface area (Å²) < 4.78 is 26.8. The Morgan fingerprint density at radius 1 is 1.31 bits per heavy atom. The van der Waals surface area contributed by atoms with Crippen LogP contribution in [0.5, 0.6) is 0 Å². The van der Waals surface area contributed by atoms with Gasteiger partial charge in [0.1, 0.15) is 12.0 Å². The number of alkyl halides is 1. The Morgan fingerprint density at radius 3 is 2.75 bits per heavy atom. The molecule has 1 fully saturated rings. The van der Waals surface area contributed by atoms with E-state index in [2.05, 4.69) is 0 Å². The van der Waals surface area contributed by atoms with Crippen molar-refractivity contribution in [2.24, 2.45) is 5.92 Å². The first kappa shape index (κ1) is 11.5. The van der Waals surface area contributed by atoms with E-state index >= 15 is 0 Å². The van der Waals surface area contributed by atoms with E-state index in [0.717, 1.165) is 6.54 Å². The van der Waals surface area contributed by atoms with Crippen LogP contribution in [-0.2, 0) is 6.54 Å². The third-order valence-electron chi connectivity index (χ3n) is 3.04. The molecule has 0 bridgehead atoms. The lowest BCUT2D eigenvalue weighted by atomic mass is 9.98. The van der Waals surface area contributed by atoms with Gasteiger partial charge in [-0.05, 0) is 18.4 Å². The third kappa shape index (κ3) is 2.79. The highest BCUT2D eigenvalue weighted by Gasteiger charge is 2.24. The van der Waals surface area contributed by atoms with E-state index in [1.165, 1.54) is 6.07 Å². The summed E-state index contributed by atoms with van der Waals surface area (Å²) in [5.74, 6) is 0.159. The number of nitrogens with zero attached hydrogens (tertiary/aromatic N) is 1. The van der Waals surface area contributed by atoms with Crippen LogP contribution in [0.25, 0.3) is 0 Å². The molecule has 2 rings (SSSR count). The number of hydrogen-bond donors (Lipinski definition) is 0. The lowest BCUT2D eigenvalue weighted by Gasteiger charge is -2.33. The van der Waals surface area contributed by atoms with Crippen molar-refractivity contribution in [1.82, 2.24) is 4.90 Å². The summed E-state index contributed by atoms with van der Waals surface area (Å²) >= 11 is 0. The molecule has 16 heavy (non-hydrogen) atoms. The molecule has 3 heteroatoms. The predicted octanol–water partition coefficient (Wildman–Crippen LogP) is 3.01. The van der Waals surface area contributed by atoms with Gasteiger partial charge in [-0.15, -0.1) is 0 Å². The van der Waals surface area contributed by atoms with Gasteiger partial charge in [-0.3, -0.25) is 4.90 Å². The molecule has 0 aliphatic carbocycles. The van der Waals surface area contributed by atoms with Gasteiger partial charge in [-0.2, -0.15) is 0 Å². The largest absolute Gasteiger partial charge is 0.296 e. The normalized spacial score (nSPS) is 26.9. The molecule has 1 aliphatic heterocycles. The SMILES string of the molecule is CC1CC(F)CN(Cc2ccccc2F)C1. The van der Waals surface area contributed by atoms with Gasteiger partial charge >= 0.3 is 0 Å². The van der Waals surface area contributed by atoms with Crippen molar-refractivity contribution >= 4 is 0 Å². The Bertz CT molecular complexity index is 344. The van der Waals surface area contributed by atoms with Crippen molar-refractivity contribution in [2.45, 2.75) is 26.1 Å². The highest BCUT2D eigenvalue weighted by atomic mass is 19.1. The van der Waals surface area contributed by atoms with Gasteiger partial charge in [-0.25, -0.2) is 8.78 Å². The topological polar surface area (TPSA) is 3.24 Å². The van der Waals surface area contributed by atoms with Crippen molar-refractivity contribution in [3.8, 4) is 0 Å². The van der Waals surface area contributed by atoms with E-state index in [-0.39, 0.29) is 5.82 Å². The summed E-state index contributed by atoms with van der Waals surface area (Å²) in [7, 11) is 0. The van der Waals surface area contributed by atoms with Crippen LogP contribution in [0.4, 0.5) is 8.78 Å². The predicted molar refractivity (Wildman–Crippen MR) is 60.4 cm³/mol. The Morgan fingerprint density at radius 2 is 2.06 bits per heavy atom. The highest BCUT2D eigenvalue weighted by molar-refractivity contribution is 5.17. The first-order valence-corrected chi connectivity index (χ1v) is 5.75. The summed E-state index contributed by atoms with van der Waals surface area (Å²) in [5.41, 5.74) is 0.656. The molecule has 0 amide bonds. The summed E-state index contributed by atoms with van der Waals surface area (Å²) in [6.45, 7) is 3.84. The van der Waals surface area contributed by atoms with Crippen LogP contribution in [0.2, 0.25) is 0 Å². The van der Waals surface area contributed by atoms with Crippen molar-refractivity contribution in [3.63, 3.8) is 0 Å². The van der Waals surface area contributed by atoms with Crippen LogP contribution < -0.4 is 0 Å². The molecular weight excluding hydrogens is 208 g/mol. The summed E-state index contributed by atoms with van der Waals surface area (Å²) in [5, 5.41) is 0. The first-order chi connectivity index (χ1) is 7.65. The maximum Gasteiger partial charge on any atom is 0.127 e. The second-order valence-corrected chi connectivity index (χ2v) is 4.72. The Balaban J connectivity index is 2.02. The van der Waals surface area contributed by atoms with Crippen molar-refractivity contribution < 1.29 is 8.78 Å². The lowest BCUT2D eigenvalue weighted by molar-refractivity contribution is 0.0967. The summed E-state index contributed by atoms with van der Waals surface area (Å²) in [6.07, 6.45) is -0.135. The van der Waals surface area contributed by atoms with Gasteiger partial charge in [0.15, 0.2) is 0 Å². The lowest BCUT2D eigenvalue weighted by Crippen LogP contribution is -2.40. The number of rotatable bonds is 2. The second-order valence-electron chi connectivity index (χ2n) is 4.72. The molecule has 1 heterocycles. The molecular formula is C13H17F2N. The molecule has 1 aromatic carbocycles. The van der Waals surface area contributed by atoms with Gasteiger partial charge in [0, 0.05) is 25.2 Å². The average molecular weight is 225 g/mol. The van der Waals surface area contributed by atoms with E-state index < -0.39 is 6.17 Å². The third-order valence-corrected chi connectivity index (χ3v) is 3.04. The summed E-state index contributed by atoms with van der Waals surface area (Å²) in [6, 6.07) is 6.71. The van der Waals surface area contributed by atoms with Gasteiger partial charge < -0.3 is 0 Å². The molecule has 1 saturated heterocycles. The van der Waals surface area contributed by atoms with Gasteiger partial charge in [0.25, 0.3) is 0 Å². The fourth-order valence-corrected chi connectivity index (χ4v) is 2.38. The van der Waals surface area contributed by atoms with Gasteiger partial charge in [0.2, 0.25) is 0 Å². The Kier molecular flexibility index (Phi) is 3.54. The van der Waals surface area contributed by atoms with Gasteiger partial charge in [0.05, 0.1) is 0 Å². The fourth-order valence-electron chi connectivity index (χ4n) is 2.38. The van der Waals surface area contributed by atoms with Crippen molar-refractivity contribution in [2.75, 3.05) is 13.1 Å². The summed E-state index contributed by atoms with van der Waals surface area (Å²) in [4.78, 5) is 2.00. The van der Waals surface area contributed by atoms with Crippen LogP contribution in [0, 0.1) is 11.7 Å². The molecule has 0 saturated carbocycles. The molecule has 1 aromatic rings. The fraction of sp³-hybridized carbons (Fsp3) is 0.538. The van der Waals surface area contributed by atoms with Crippen LogP contribution in [-0.4, -0.2) is 24.2 Å². The zero-order chi connectivity index (χ0) is 11.5. The minimum absolute atomic E-state index is 0.198. The number of hydrogen-bond acceptors (Lipinski definition) is 1. The van der Waals surface area contributed by atoms with Gasteiger partial charge in [-0.1, -0.05) is 25.1 Å². The first-order valence-electron chi connectivity index (χ1n) is 5.75. The molecule has 2 unspecified atom stereocenters. The zero-order valence-electron chi connectivity index (χ0n) is 9.50. The molecule has 0 spiro atoms. The zero-order valence-corrected chi connectivity index (χ0v) is 9.50. The number of piperidine rings is 1. The van der Waals surface area contributed by atoms with Crippen LogP contribution in [0.3, 0.4) is 0 Å². The van der Waals surface area contributed by atoms with Crippen LogP contribution >= 0.6 is 0 Å². The highest BCUT2D eigenvalue weighted by Crippen LogP contribution is 2.21. The van der Waals surface area contributed by atoms with E-state index in [0.29, 0.717) is 31.0 Å². The maximum absolute atomic E-state index is 13.4. The molecule has 0 aromatic heterocycles. The molecule has 88 valence electrons. The molecule has 0 N–H and O–H groups in total. The van der Waals surface area contributed by atoms with Crippen molar-refractivity contribution in [3.05, 3.63) is 35.6 Å². The monoisotopic (exact) mass is 225 g/mol. The molecule has 2 atom stereocenters. The minimum atomic E-state index is -0.768. The molecule has 1 aliphatic rings. The van der Waals surface area contributed by atoms with Crippen LogP contribution in [0.1, 0.15) is 18.9 Å². The number of halogens is 2. The van der Waals surface area contributed by atoms with Crippen molar-refractivity contribution in [1.29, 1.82) is 0 Å². The van der Waals surface area contributed by atoms with E-state index in [4.69, 9.17) is 0 Å². The van der Waals surface area contributed by atoms with E-state index in [9.17, 15) is 8.78 Å². The van der Waals surface area contributed by atoms with E-state index in [1.54, 1.807) is 12.1 Å². The van der Waals surface area contributed by atoms with E-state index in [1.807, 2.05) is 17.9 Å². The second kappa shape index (κ2) is 4.91. The maximum atomic E-state index is 13.4. The smallest absolute Gasteiger partial charge is 0.127 e. The Labute approximate surface area is 95.1 Å². The average Bonchev–Trinajstić information content (AvgIpc) is 2.20.